The number of nitrogens with zero attached hydrogens (tertiary/aromatic N) is 1. The van der Waals surface area contributed by atoms with E-state index in [1.807, 2.05) is 26.0 Å². The van der Waals surface area contributed by atoms with Gasteiger partial charge in [0.05, 0.1) is 15.6 Å². The van der Waals surface area contributed by atoms with Gasteiger partial charge in [-0.15, -0.1) is 0 Å². The standard InChI is InChI=1S/C24H21IN2O4/c1-13-9-17(10-14(2)27-13)21-11-19(28)18-7-8-20(22(25)23(18)31-21)30-12-15-3-5-16(6-4-15)24(26)29/h3-10,21H,11-12H2,1-2H3,(H2,26,29). The minimum absolute atomic E-state index is 0.0462. The van der Waals surface area contributed by atoms with E-state index in [1.165, 1.54) is 0 Å². The van der Waals surface area contributed by atoms with Crippen LogP contribution < -0.4 is 15.2 Å². The Hall–Kier alpha value is -2.94. The van der Waals surface area contributed by atoms with Crippen LogP contribution in [0.15, 0.2) is 48.5 Å². The van der Waals surface area contributed by atoms with E-state index < -0.39 is 5.91 Å². The zero-order chi connectivity index (χ0) is 22.1. The fourth-order valence-electron chi connectivity index (χ4n) is 3.61. The van der Waals surface area contributed by atoms with Crippen LogP contribution in [-0.2, 0) is 6.61 Å². The Morgan fingerprint density at radius 2 is 1.84 bits per heavy atom. The van der Waals surface area contributed by atoms with Crippen LogP contribution in [0.1, 0.15) is 55.8 Å². The van der Waals surface area contributed by atoms with Gasteiger partial charge in [0.25, 0.3) is 0 Å². The quantitative estimate of drug-likeness (QED) is 0.486. The van der Waals surface area contributed by atoms with Gasteiger partial charge in [-0.2, -0.15) is 0 Å². The highest BCUT2D eigenvalue weighted by Crippen LogP contribution is 2.42. The summed E-state index contributed by atoms with van der Waals surface area (Å²) in [6, 6.07) is 14.4. The van der Waals surface area contributed by atoms with Crippen molar-refractivity contribution in [2.45, 2.75) is 33.0 Å². The van der Waals surface area contributed by atoms with E-state index in [-0.39, 0.29) is 11.9 Å². The van der Waals surface area contributed by atoms with Crippen LogP contribution in [0.4, 0.5) is 0 Å². The molecule has 1 unspecified atom stereocenters. The minimum Gasteiger partial charge on any atom is -0.488 e. The van der Waals surface area contributed by atoms with Crippen molar-refractivity contribution < 1.29 is 19.1 Å². The second-order valence-electron chi connectivity index (χ2n) is 7.52. The van der Waals surface area contributed by atoms with E-state index in [9.17, 15) is 9.59 Å². The number of nitrogens with two attached hydrogens (primary N) is 1. The molecule has 1 aromatic heterocycles. The van der Waals surface area contributed by atoms with Crippen molar-refractivity contribution in [1.82, 2.24) is 4.98 Å². The molecule has 2 heterocycles. The third-order valence-electron chi connectivity index (χ3n) is 5.10. The van der Waals surface area contributed by atoms with Crippen molar-refractivity contribution in [3.05, 3.63) is 85.7 Å². The Bertz CT molecular complexity index is 1150. The predicted molar refractivity (Wildman–Crippen MR) is 124 cm³/mol. The van der Waals surface area contributed by atoms with E-state index in [0.29, 0.717) is 35.7 Å². The summed E-state index contributed by atoms with van der Waals surface area (Å²) in [5.74, 6) is 0.766. The number of rotatable bonds is 5. The lowest BCUT2D eigenvalue weighted by atomic mass is 9.96. The SMILES string of the molecule is Cc1cc(C2CC(=O)c3ccc(OCc4ccc(C(N)=O)cc4)c(I)c3O2)cc(C)n1. The molecule has 3 aromatic rings. The van der Waals surface area contributed by atoms with Gasteiger partial charge in [0.1, 0.15) is 24.2 Å². The molecule has 1 amide bonds. The van der Waals surface area contributed by atoms with Gasteiger partial charge in [-0.25, -0.2) is 0 Å². The summed E-state index contributed by atoms with van der Waals surface area (Å²) < 4.78 is 13.0. The number of primary amides is 1. The molecule has 6 nitrogen and oxygen atoms in total. The zero-order valence-corrected chi connectivity index (χ0v) is 19.3. The Labute approximate surface area is 193 Å². The number of ketones is 1. The number of aromatic nitrogens is 1. The molecule has 0 saturated heterocycles. The molecule has 0 spiro atoms. The highest BCUT2D eigenvalue weighted by atomic mass is 127. The van der Waals surface area contributed by atoms with E-state index in [0.717, 1.165) is 26.1 Å². The number of carbonyl (C=O) groups excluding carboxylic acids is 2. The summed E-state index contributed by atoms with van der Waals surface area (Å²) >= 11 is 2.16. The molecule has 2 N–H and O–H groups in total. The summed E-state index contributed by atoms with van der Waals surface area (Å²) in [6.45, 7) is 4.18. The molecular weight excluding hydrogens is 507 g/mol. The smallest absolute Gasteiger partial charge is 0.248 e. The predicted octanol–water partition coefficient (Wildman–Crippen LogP) is 4.69. The van der Waals surface area contributed by atoms with Gasteiger partial charge >= 0.3 is 0 Å². The lowest BCUT2D eigenvalue weighted by molar-refractivity contribution is 0.0846. The average Bonchev–Trinajstić information content (AvgIpc) is 2.73. The molecule has 1 atom stereocenters. The van der Waals surface area contributed by atoms with Crippen molar-refractivity contribution in [2.24, 2.45) is 5.73 Å². The molecule has 0 bridgehead atoms. The number of ether oxygens (including phenoxy) is 2. The molecule has 1 aliphatic heterocycles. The van der Waals surface area contributed by atoms with E-state index >= 15 is 0 Å². The van der Waals surface area contributed by atoms with Crippen molar-refractivity contribution >= 4 is 34.3 Å². The number of hydrogen-bond donors (Lipinski definition) is 1. The van der Waals surface area contributed by atoms with E-state index in [2.05, 4.69) is 27.6 Å². The van der Waals surface area contributed by atoms with Gasteiger partial charge < -0.3 is 15.2 Å². The van der Waals surface area contributed by atoms with Crippen molar-refractivity contribution in [1.29, 1.82) is 0 Å². The number of amides is 1. The Kier molecular flexibility index (Phi) is 5.95. The summed E-state index contributed by atoms with van der Waals surface area (Å²) in [6.07, 6.45) is -0.0659. The van der Waals surface area contributed by atoms with E-state index in [4.69, 9.17) is 15.2 Å². The molecule has 0 radical (unpaired) electrons. The normalized spacial score (nSPS) is 15.2. The maximum atomic E-state index is 12.8. The maximum absolute atomic E-state index is 12.8. The number of fused-ring (bicyclic) bond motifs is 1. The van der Waals surface area contributed by atoms with Crippen LogP contribution >= 0.6 is 22.6 Å². The number of hydrogen-bond acceptors (Lipinski definition) is 5. The third-order valence-corrected chi connectivity index (χ3v) is 6.12. The van der Waals surface area contributed by atoms with Gasteiger partial charge in [-0.1, -0.05) is 12.1 Å². The van der Waals surface area contributed by atoms with Gasteiger partial charge in [0.15, 0.2) is 5.78 Å². The van der Waals surface area contributed by atoms with Crippen LogP contribution in [0.5, 0.6) is 11.5 Å². The van der Waals surface area contributed by atoms with Crippen LogP contribution in [-0.4, -0.2) is 16.7 Å². The fourth-order valence-corrected chi connectivity index (χ4v) is 4.36. The van der Waals surface area contributed by atoms with Crippen LogP contribution in [0.3, 0.4) is 0 Å². The van der Waals surface area contributed by atoms with Gasteiger partial charge in [-0.05, 0) is 84.0 Å². The Balaban J connectivity index is 1.57. The molecule has 7 heteroatoms. The lowest BCUT2D eigenvalue weighted by Gasteiger charge is -2.27. The van der Waals surface area contributed by atoms with Gasteiger partial charge in [0, 0.05) is 17.0 Å². The van der Waals surface area contributed by atoms with Gasteiger partial charge in [0.2, 0.25) is 5.91 Å². The number of aryl methyl sites for hydroxylation is 2. The number of carbonyl (C=O) groups is 2. The highest BCUT2D eigenvalue weighted by Gasteiger charge is 2.30. The fraction of sp³-hybridized carbons (Fsp3) is 0.208. The van der Waals surface area contributed by atoms with E-state index in [1.54, 1.807) is 36.4 Å². The Morgan fingerprint density at radius 3 is 2.48 bits per heavy atom. The topological polar surface area (TPSA) is 91.5 Å². The molecular formula is C24H21IN2O4. The Morgan fingerprint density at radius 1 is 1.16 bits per heavy atom. The largest absolute Gasteiger partial charge is 0.488 e. The molecule has 0 saturated carbocycles. The summed E-state index contributed by atoms with van der Waals surface area (Å²) in [4.78, 5) is 28.4. The summed E-state index contributed by atoms with van der Waals surface area (Å²) in [5, 5.41) is 0. The summed E-state index contributed by atoms with van der Waals surface area (Å²) in [5.41, 5.74) is 9.93. The highest BCUT2D eigenvalue weighted by molar-refractivity contribution is 14.1. The van der Waals surface area contributed by atoms with Crippen molar-refractivity contribution in [3.63, 3.8) is 0 Å². The molecule has 158 valence electrons. The van der Waals surface area contributed by atoms with Crippen LogP contribution in [0.2, 0.25) is 0 Å². The maximum Gasteiger partial charge on any atom is 0.248 e. The first kappa shape index (κ1) is 21.3. The zero-order valence-electron chi connectivity index (χ0n) is 17.1. The number of benzene rings is 2. The van der Waals surface area contributed by atoms with Gasteiger partial charge in [-0.3, -0.25) is 14.6 Å². The molecule has 0 aliphatic carbocycles. The van der Waals surface area contributed by atoms with Crippen LogP contribution in [0, 0.1) is 17.4 Å². The number of halogens is 1. The third kappa shape index (κ3) is 4.56. The second kappa shape index (κ2) is 8.66. The first-order chi connectivity index (χ1) is 14.8. The molecule has 4 rings (SSSR count). The first-order valence-electron chi connectivity index (χ1n) is 9.81. The lowest BCUT2D eigenvalue weighted by Crippen LogP contribution is -2.21. The summed E-state index contributed by atoms with van der Waals surface area (Å²) in [7, 11) is 0. The molecule has 2 aromatic carbocycles. The number of Topliss-reactive ketones (excluding diaryl/α,β-unsaturated/α-hetero) is 1. The molecule has 0 fully saturated rings. The molecule has 31 heavy (non-hydrogen) atoms. The second-order valence-corrected chi connectivity index (χ2v) is 8.60. The van der Waals surface area contributed by atoms with Crippen molar-refractivity contribution in [2.75, 3.05) is 0 Å². The van der Waals surface area contributed by atoms with Crippen molar-refractivity contribution in [3.8, 4) is 11.5 Å². The van der Waals surface area contributed by atoms with Crippen LogP contribution in [0.25, 0.3) is 0 Å². The number of pyridine rings is 1. The monoisotopic (exact) mass is 528 g/mol. The average molecular weight is 528 g/mol. The molecule has 1 aliphatic rings. The first-order valence-corrected chi connectivity index (χ1v) is 10.9. The minimum atomic E-state index is -0.465.